The summed E-state index contributed by atoms with van der Waals surface area (Å²) in [6.07, 6.45) is 2.00. The van der Waals surface area contributed by atoms with Gasteiger partial charge < -0.3 is 9.90 Å². The van der Waals surface area contributed by atoms with Crippen LogP contribution in [-0.2, 0) is 4.79 Å². The van der Waals surface area contributed by atoms with Gasteiger partial charge in [0.25, 0.3) is 0 Å². The van der Waals surface area contributed by atoms with Crippen molar-refractivity contribution in [3.05, 3.63) is 0 Å². The maximum Gasteiger partial charge on any atom is 0.0414 e. The predicted octanol–water partition coefficient (Wildman–Crippen LogP) is 0.563. The van der Waals surface area contributed by atoms with Gasteiger partial charge in [-0.1, -0.05) is 20.3 Å². The molecule has 54 valence electrons. The number of carbonyl (C=O) groups is 1. The van der Waals surface area contributed by atoms with Gasteiger partial charge in [-0.3, -0.25) is 0 Å². The van der Waals surface area contributed by atoms with Gasteiger partial charge in [-0.05, 0) is 18.8 Å². The maximum absolute atomic E-state index is 9.91. The molecule has 0 aromatic heterocycles. The molecule has 2 heteroatoms. The normalized spacial score (nSPS) is 13.1. The zero-order valence-electron chi connectivity index (χ0n) is 6.02. The van der Waals surface area contributed by atoms with Crippen LogP contribution in [0.4, 0.5) is 0 Å². The average Bonchev–Trinajstić information content (AvgIpc) is 1.83. The molecule has 0 aliphatic carbocycles. The van der Waals surface area contributed by atoms with E-state index in [1.54, 1.807) is 0 Å². The van der Waals surface area contributed by atoms with Crippen molar-refractivity contribution in [3.8, 4) is 0 Å². The van der Waals surface area contributed by atoms with Crippen molar-refractivity contribution >= 4 is 5.97 Å². The van der Waals surface area contributed by atoms with Gasteiger partial charge in [0.1, 0.15) is 0 Å². The fourth-order valence-electron chi connectivity index (χ4n) is 0.568. The first kappa shape index (κ1) is 8.47. The van der Waals surface area contributed by atoms with Crippen molar-refractivity contribution in [1.29, 1.82) is 0 Å². The van der Waals surface area contributed by atoms with Gasteiger partial charge in [0.05, 0.1) is 0 Å². The molecule has 0 saturated heterocycles. The Hall–Kier alpha value is -0.530. The fourth-order valence-corrected chi connectivity index (χ4v) is 0.568. The molecule has 0 aromatic carbocycles. The SMILES string of the molecule is CC[C@@H](C)CCC(=O)[O-]. The topological polar surface area (TPSA) is 40.1 Å². The van der Waals surface area contributed by atoms with Crippen LogP contribution in [0.25, 0.3) is 0 Å². The maximum atomic E-state index is 9.91. The number of carbonyl (C=O) groups excluding carboxylic acids is 1. The van der Waals surface area contributed by atoms with E-state index in [-0.39, 0.29) is 6.42 Å². The minimum atomic E-state index is -0.935. The Balaban J connectivity index is 3.16. The Bertz CT molecular complexity index is 88.9. The summed E-state index contributed by atoms with van der Waals surface area (Å²) >= 11 is 0. The second-order valence-electron chi connectivity index (χ2n) is 2.42. The number of carboxylic acid groups (broad SMARTS) is 1. The molecule has 0 aliphatic rings. The van der Waals surface area contributed by atoms with Crippen molar-refractivity contribution in [2.24, 2.45) is 5.92 Å². The van der Waals surface area contributed by atoms with Gasteiger partial charge in [0.2, 0.25) is 0 Å². The highest BCUT2D eigenvalue weighted by molar-refractivity contribution is 5.64. The molecule has 0 saturated carbocycles. The summed E-state index contributed by atoms with van der Waals surface area (Å²) in [5.74, 6) is -0.418. The lowest BCUT2D eigenvalue weighted by molar-refractivity contribution is -0.306. The molecule has 0 aliphatic heterocycles. The molecule has 9 heavy (non-hydrogen) atoms. The van der Waals surface area contributed by atoms with Crippen LogP contribution >= 0.6 is 0 Å². The van der Waals surface area contributed by atoms with Gasteiger partial charge in [-0.15, -0.1) is 0 Å². The van der Waals surface area contributed by atoms with E-state index in [0.29, 0.717) is 5.92 Å². The van der Waals surface area contributed by atoms with E-state index in [9.17, 15) is 9.90 Å². The minimum Gasteiger partial charge on any atom is -0.550 e. The summed E-state index contributed by atoms with van der Waals surface area (Å²) in [5, 5.41) is 9.91. The number of hydrogen-bond acceptors (Lipinski definition) is 2. The van der Waals surface area contributed by atoms with E-state index in [1.807, 2.05) is 6.92 Å². The molecule has 0 aromatic rings. The molecule has 0 amide bonds. The minimum absolute atomic E-state index is 0.203. The first-order valence-electron chi connectivity index (χ1n) is 3.36. The average molecular weight is 129 g/mol. The zero-order valence-corrected chi connectivity index (χ0v) is 6.02. The largest absolute Gasteiger partial charge is 0.550 e. The highest BCUT2D eigenvalue weighted by atomic mass is 16.4. The first-order valence-corrected chi connectivity index (χ1v) is 3.36. The van der Waals surface area contributed by atoms with E-state index in [1.165, 1.54) is 0 Å². The molecule has 0 rings (SSSR count). The molecule has 1 atom stereocenters. The van der Waals surface area contributed by atoms with Crippen LogP contribution in [0.3, 0.4) is 0 Å². The summed E-state index contributed by atoms with van der Waals surface area (Å²) < 4.78 is 0. The van der Waals surface area contributed by atoms with Gasteiger partial charge >= 0.3 is 0 Å². The Morgan fingerprint density at radius 1 is 1.67 bits per heavy atom. The molecular formula is C7H13O2-. The Labute approximate surface area is 55.9 Å². The van der Waals surface area contributed by atoms with Gasteiger partial charge in [-0.2, -0.15) is 0 Å². The van der Waals surface area contributed by atoms with E-state index >= 15 is 0 Å². The Kier molecular flexibility index (Phi) is 4.10. The van der Waals surface area contributed by atoms with E-state index in [2.05, 4.69) is 6.92 Å². The Morgan fingerprint density at radius 3 is 2.56 bits per heavy atom. The van der Waals surface area contributed by atoms with E-state index < -0.39 is 5.97 Å². The third kappa shape index (κ3) is 5.34. The van der Waals surface area contributed by atoms with Gasteiger partial charge in [0.15, 0.2) is 0 Å². The molecule has 0 spiro atoms. The predicted molar refractivity (Wildman–Crippen MR) is 33.7 cm³/mol. The lowest BCUT2D eigenvalue weighted by Gasteiger charge is -2.07. The van der Waals surface area contributed by atoms with Crippen LogP contribution < -0.4 is 5.11 Å². The lowest BCUT2D eigenvalue weighted by atomic mass is 10.0. The molecule has 0 N–H and O–H groups in total. The molecule has 0 heterocycles. The molecule has 0 fully saturated rings. The van der Waals surface area contributed by atoms with Gasteiger partial charge in [-0.25, -0.2) is 0 Å². The third-order valence-corrected chi connectivity index (χ3v) is 1.54. The summed E-state index contributed by atoms with van der Waals surface area (Å²) in [5.41, 5.74) is 0. The molecule has 0 unspecified atom stereocenters. The van der Waals surface area contributed by atoms with Gasteiger partial charge in [0, 0.05) is 5.97 Å². The van der Waals surface area contributed by atoms with E-state index in [0.717, 1.165) is 12.8 Å². The summed E-state index contributed by atoms with van der Waals surface area (Å²) in [6.45, 7) is 4.10. The van der Waals surface area contributed by atoms with Crippen LogP contribution in [0, 0.1) is 5.92 Å². The summed E-state index contributed by atoms with van der Waals surface area (Å²) in [6, 6.07) is 0. The smallest absolute Gasteiger partial charge is 0.0414 e. The fraction of sp³-hybridized carbons (Fsp3) is 0.857. The highest BCUT2D eigenvalue weighted by Crippen LogP contribution is 2.07. The number of carboxylic acids is 1. The van der Waals surface area contributed by atoms with Crippen LogP contribution in [0.1, 0.15) is 33.1 Å². The molecular weight excluding hydrogens is 116 g/mol. The van der Waals surface area contributed by atoms with Crippen molar-refractivity contribution in [1.82, 2.24) is 0 Å². The van der Waals surface area contributed by atoms with Crippen molar-refractivity contribution < 1.29 is 9.90 Å². The first-order chi connectivity index (χ1) is 4.16. The van der Waals surface area contributed by atoms with Crippen LogP contribution in [0.5, 0.6) is 0 Å². The zero-order chi connectivity index (χ0) is 7.28. The third-order valence-electron chi connectivity index (χ3n) is 1.54. The Morgan fingerprint density at radius 2 is 2.22 bits per heavy atom. The summed E-state index contributed by atoms with van der Waals surface area (Å²) in [4.78, 5) is 9.91. The molecule has 0 radical (unpaired) electrons. The van der Waals surface area contributed by atoms with Crippen molar-refractivity contribution in [2.45, 2.75) is 33.1 Å². The number of aliphatic carboxylic acids is 1. The molecule has 2 nitrogen and oxygen atoms in total. The van der Waals surface area contributed by atoms with Crippen LogP contribution in [-0.4, -0.2) is 5.97 Å². The summed E-state index contributed by atoms with van der Waals surface area (Å²) in [7, 11) is 0. The second-order valence-corrected chi connectivity index (χ2v) is 2.42. The second kappa shape index (κ2) is 4.36. The highest BCUT2D eigenvalue weighted by Gasteiger charge is 1.96. The van der Waals surface area contributed by atoms with Crippen molar-refractivity contribution in [2.75, 3.05) is 0 Å². The van der Waals surface area contributed by atoms with Crippen molar-refractivity contribution in [3.63, 3.8) is 0 Å². The van der Waals surface area contributed by atoms with E-state index in [4.69, 9.17) is 0 Å². The standard InChI is InChI=1S/C7H14O2/c1-3-6(2)4-5-7(8)9/h6H,3-5H2,1-2H3,(H,8,9)/p-1/t6-/m1/s1. The molecule has 0 bridgehead atoms. The van der Waals surface area contributed by atoms with Crippen LogP contribution in [0.15, 0.2) is 0 Å². The number of rotatable bonds is 4. The quantitative estimate of drug-likeness (QED) is 0.556. The van der Waals surface area contributed by atoms with Crippen LogP contribution in [0.2, 0.25) is 0 Å². The monoisotopic (exact) mass is 129 g/mol. The number of hydrogen-bond donors (Lipinski definition) is 0. The lowest BCUT2D eigenvalue weighted by Crippen LogP contribution is -2.22.